The number of hydrogen-bond donors (Lipinski definition) is 1. The molecule has 5 heteroatoms. The van der Waals surface area contributed by atoms with Gasteiger partial charge < -0.3 is 19.9 Å². The van der Waals surface area contributed by atoms with Gasteiger partial charge in [-0.1, -0.05) is 0 Å². The molecule has 0 bridgehead atoms. The number of rotatable bonds is 2. The van der Waals surface area contributed by atoms with Gasteiger partial charge in [-0.05, 0) is 0 Å². The second kappa shape index (κ2) is 4.25. The molecule has 2 rings (SSSR count). The van der Waals surface area contributed by atoms with Crippen LogP contribution in [0.5, 0.6) is 0 Å². The SMILES string of the molecule is NC1COCC1C(=O)OC1CCOC1. The second-order valence-corrected chi connectivity index (χ2v) is 3.73. The molecule has 0 spiro atoms. The van der Waals surface area contributed by atoms with Gasteiger partial charge in [0.1, 0.15) is 6.10 Å². The Bertz CT molecular complexity index is 215. The third-order valence-electron chi connectivity index (χ3n) is 2.60. The molecule has 0 aliphatic carbocycles. The molecule has 80 valence electrons. The van der Waals surface area contributed by atoms with Gasteiger partial charge in [0.05, 0.1) is 32.3 Å². The summed E-state index contributed by atoms with van der Waals surface area (Å²) in [5.41, 5.74) is 5.70. The summed E-state index contributed by atoms with van der Waals surface area (Å²) in [4.78, 5) is 11.6. The Balaban J connectivity index is 1.82. The van der Waals surface area contributed by atoms with Crippen molar-refractivity contribution in [2.45, 2.75) is 18.6 Å². The van der Waals surface area contributed by atoms with E-state index in [-0.39, 0.29) is 24.0 Å². The van der Waals surface area contributed by atoms with Crippen LogP contribution in [0, 0.1) is 5.92 Å². The minimum absolute atomic E-state index is 0.0877. The van der Waals surface area contributed by atoms with Crippen molar-refractivity contribution in [1.82, 2.24) is 0 Å². The molecular formula is C9H15NO4. The van der Waals surface area contributed by atoms with Crippen molar-refractivity contribution in [3.05, 3.63) is 0 Å². The van der Waals surface area contributed by atoms with Gasteiger partial charge >= 0.3 is 5.97 Å². The fourth-order valence-electron chi connectivity index (χ4n) is 1.67. The van der Waals surface area contributed by atoms with Gasteiger partial charge in [0.2, 0.25) is 0 Å². The fourth-order valence-corrected chi connectivity index (χ4v) is 1.67. The highest BCUT2D eigenvalue weighted by molar-refractivity contribution is 5.74. The summed E-state index contributed by atoms with van der Waals surface area (Å²) in [5.74, 6) is -0.541. The molecule has 0 amide bonds. The van der Waals surface area contributed by atoms with E-state index in [1.54, 1.807) is 0 Å². The third kappa shape index (κ3) is 2.05. The van der Waals surface area contributed by atoms with Crippen molar-refractivity contribution in [2.75, 3.05) is 26.4 Å². The summed E-state index contributed by atoms with van der Waals surface area (Å²) >= 11 is 0. The molecule has 2 saturated heterocycles. The van der Waals surface area contributed by atoms with Crippen molar-refractivity contribution in [3.8, 4) is 0 Å². The van der Waals surface area contributed by atoms with Crippen LogP contribution < -0.4 is 5.73 Å². The molecule has 2 aliphatic heterocycles. The predicted molar refractivity (Wildman–Crippen MR) is 47.6 cm³/mol. The van der Waals surface area contributed by atoms with Gasteiger partial charge in [0, 0.05) is 12.5 Å². The zero-order chi connectivity index (χ0) is 9.97. The molecule has 2 heterocycles. The average molecular weight is 201 g/mol. The molecule has 2 fully saturated rings. The first kappa shape index (κ1) is 9.89. The van der Waals surface area contributed by atoms with Gasteiger partial charge in [0.25, 0.3) is 0 Å². The monoisotopic (exact) mass is 201 g/mol. The molecule has 0 aromatic carbocycles. The Kier molecular flexibility index (Phi) is 3.00. The zero-order valence-electron chi connectivity index (χ0n) is 7.98. The number of carbonyl (C=O) groups is 1. The minimum atomic E-state index is -0.296. The van der Waals surface area contributed by atoms with E-state index in [9.17, 15) is 4.79 Å². The molecule has 3 atom stereocenters. The minimum Gasteiger partial charge on any atom is -0.459 e. The lowest BCUT2D eigenvalue weighted by molar-refractivity contribution is -0.154. The Hall–Kier alpha value is -0.650. The van der Waals surface area contributed by atoms with Gasteiger partial charge in [-0.25, -0.2) is 0 Å². The Morgan fingerprint density at radius 2 is 2.14 bits per heavy atom. The summed E-state index contributed by atoms with van der Waals surface area (Å²) in [7, 11) is 0. The van der Waals surface area contributed by atoms with Gasteiger partial charge in [0.15, 0.2) is 0 Å². The molecule has 0 radical (unpaired) electrons. The maximum absolute atomic E-state index is 11.6. The van der Waals surface area contributed by atoms with Crippen molar-refractivity contribution in [1.29, 1.82) is 0 Å². The number of nitrogens with two attached hydrogens (primary N) is 1. The number of hydrogen-bond acceptors (Lipinski definition) is 5. The molecule has 0 aromatic rings. The number of esters is 1. The summed E-state index contributed by atoms with van der Waals surface area (Å²) in [6, 6.07) is -0.218. The largest absolute Gasteiger partial charge is 0.459 e. The highest BCUT2D eigenvalue weighted by Gasteiger charge is 2.34. The van der Waals surface area contributed by atoms with E-state index in [1.165, 1.54) is 0 Å². The third-order valence-corrected chi connectivity index (χ3v) is 2.60. The van der Waals surface area contributed by atoms with E-state index in [0.29, 0.717) is 26.4 Å². The summed E-state index contributed by atoms with van der Waals surface area (Å²) < 4.78 is 15.4. The van der Waals surface area contributed by atoms with Gasteiger partial charge in [-0.15, -0.1) is 0 Å². The lowest BCUT2D eigenvalue weighted by atomic mass is 10.1. The number of ether oxygens (including phenoxy) is 3. The first-order valence-corrected chi connectivity index (χ1v) is 4.89. The van der Waals surface area contributed by atoms with Gasteiger partial charge in [-0.3, -0.25) is 4.79 Å². The highest BCUT2D eigenvalue weighted by atomic mass is 16.6. The van der Waals surface area contributed by atoms with Crippen LogP contribution in [0.15, 0.2) is 0 Å². The molecule has 5 nitrogen and oxygen atoms in total. The van der Waals surface area contributed by atoms with Crippen LogP contribution in [-0.4, -0.2) is 44.5 Å². The van der Waals surface area contributed by atoms with Crippen molar-refractivity contribution < 1.29 is 19.0 Å². The summed E-state index contributed by atoms with van der Waals surface area (Å²) in [6.07, 6.45) is 0.699. The Morgan fingerprint density at radius 1 is 1.29 bits per heavy atom. The van der Waals surface area contributed by atoms with E-state index in [0.717, 1.165) is 6.42 Å². The Labute approximate surface area is 82.5 Å². The Morgan fingerprint density at radius 3 is 2.71 bits per heavy atom. The maximum Gasteiger partial charge on any atom is 0.313 e. The van der Waals surface area contributed by atoms with E-state index in [1.807, 2.05) is 0 Å². The summed E-state index contributed by atoms with van der Waals surface area (Å²) in [6.45, 7) is 2.01. The molecule has 14 heavy (non-hydrogen) atoms. The first-order valence-electron chi connectivity index (χ1n) is 4.89. The molecule has 0 aromatic heterocycles. The molecule has 3 unspecified atom stereocenters. The van der Waals surface area contributed by atoms with Crippen LogP contribution in [0.2, 0.25) is 0 Å². The van der Waals surface area contributed by atoms with E-state index < -0.39 is 0 Å². The molecule has 2 aliphatic rings. The van der Waals surface area contributed by atoms with Crippen molar-refractivity contribution in [3.63, 3.8) is 0 Å². The van der Waals surface area contributed by atoms with Crippen LogP contribution in [0.25, 0.3) is 0 Å². The van der Waals surface area contributed by atoms with Crippen LogP contribution in [0.3, 0.4) is 0 Å². The van der Waals surface area contributed by atoms with Crippen LogP contribution in [0.1, 0.15) is 6.42 Å². The van der Waals surface area contributed by atoms with Gasteiger partial charge in [-0.2, -0.15) is 0 Å². The fraction of sp³-hybridized carbons (Fsp3) is 0.889. The summed E-state index contributed by atoms with van der Waals surface area (Å²) in [5, 5.41) is 0. The average Bonchev–Trinajstić information content (AvgIpc) is 2.75. The van der Waals surface area contributed by atoms with Crippen LogP contribution >= 0.6 is 0 Å². The lowest BCUT2D eigenvalue weighted by Crippen LogP contribution is -2.36. The topological polar surface area (TPSA) is 70.8 Å². The standard InChI is InChI=1S/C9H15NO4/c10-8-5-13-4-7(8)9(11)14-6-1-2-12-3-6/h6-8H,1-5,10H2. The van der Waals surface area contributed by atoms with Crippen LogP contribution in [-0.2, 0) is 19.0 Å². The highest BCUT2D eigenvalue weighted by Crippen LogP contribution is 2.16. The smallest absolute Gasteiger partial charge is 0.313 e. The maximum atomic E-state index is 11.6. The second-order valence-electron chi connectivity index (χ2n) is 3.73. The predicted octanol–water partition coefficient (Wildman–Crippen LogP) is -0.708. The quantitative estimate of drug-likeness (QED) is 0.598. The van der Waals surface area contributed by atoms with E-state index >= 15 is 0 Å². The molecule has 0 saturated carbocycles. The lowest BCUT2D eigenvalue weighted by Gasteiger charge is -2.15. The van der Waals surface area contributed by atoms with E-state index in [4.69, 9.17) is 19.9 Å². The first-order chi connectivity index (χ1) is 6.77. The van der Waals surface area contributed by atoms with Crippen LogP contribution in [0.4, 0.5) is 0 Å². The zero-order valence-corrected chi connectivity index (χ0v) is 7.98. The van der Waals surface area contributed by atoms with Crippen molar-refractivity contribution in [2.24, 2.45) is 11.7 Å². The normalized spacial score (nSPS) is 37.4. The van der Waals surface area contributed by atoms with E-state index in [2.05, 4.69) is 0 Å². The molecular weight excluding hydrogens is 186 g/mol. The number of carbonyl (C=O) groups excluding carboxylic acids is 1. The van der Waals surface area contributed by atoms with Crippen molar-refractivity contribution >= 4 is 5.97 Å². The molecule has 2 N–H and O–H groups in total.